The van der Waals surface area contributed by atoms with Gasteiger partial charge in [0.1, 0.15) is 5.84 Å². The Morgan fingerprint density at radius 3 is 2.96 bits per heavy atom. The summed E-state index contributed by atoms with van der Waals surface area (Å²) in [6.45, 7) is 1.37. The van der Waals surface area contributed by atoms with Crippen molar-refractivity contribution in [3.8, 4) is 0 Å². The van der Waals surface area contributed by atoms with Crippen LogP contribution in [-0.4, -0.2) is 29.5 Å². The van der Waals surface area contributed by atoms with Crippen LogP contribution < -0.4 is 5.73 Å². The van der Waals surface area contributed by atoms with Crippen LogP contribution in [0.2, 0.25) is 0 Å². The van der Waals surface area contributed by atoms with Crippen molar-refractivity contribution in [2.24, 2.45) is 16.1 Å². The second kappa shape index (κ2) is 5.30. The summed E-state index contributed by atoms with van der Waals surface area (Å²) in [6, 6.07) is 4.87. The Balaban J connectivity index is 2.10. The van der Waals surface area contributed by atoms with Crippen molar-refractivity contribution in [3.63, 3.8) is 0 Å². The molecule has 1 aromatic rings. The van der Waals surface area contributed by atoms with E-state index in [4.69, 9.17) is 10.8 Å². The summed E-state index contributed by atoms with van der Waals surface area (Å²) >= 11 is 0. The number of hydrogen-bond donors (Lipinski definition) is 2. The number of carboxylic acid groups (broad SMARTS) is 1. The third-order valence-electron chi connectivity index (χ3n) is 4.88. The van der Waals surface area contributed by atoms with Gasteiger partial charge in [-0.15, -0.1) is 0 Å². The summed E-state index contributed by atoms with van der Waals surface area (Å²) in [4.78, 5) is 27.6. The first kappa shape index (κ1) is 15.4. The lowest BCUT2D eigenvalue weighted by Crippen LogP contribution is -2.34. The van der Waals surface area contributed by atoms with Gasteiger partial charge >= 0.3 is 5.97 Å². The molecule has 3 N–H and O–H groups in total. The largest absolute Gasteiger partial charge is 0.478 e. The number of carbonyl (C=O) groups excluding carboxylic acids is 1. The first-order valence-corrected chi connectivity index (χ1v) is 7.43. The van der Waals surface area contributed by atoms with Crippen molar-refractivity contribution in [3.05, 3.63) is 46.5 Å². The van der Waals surface area contributed by atoms with E-state index in [1.54, 1.807) is 18.2 Å². The third kappa shape index (κ3) is 2.09. The molecule has 0 fully saturated rings. The molecule has 6 heteroatoms. The van der Waals surface area contributed by atoms with E-state index >= 15 is 0 Å². The number of benzene rings is 1. The van der Waals surface area contributed by atoms with Gasteiger partial charge in [0.25, 0.3) is 5.91 Å². The Morgan fingerprint density at radius 1 is 1.57 bits per heavy atom. The molecule has 2 aliphatic rings. The number of aromatic carboxylic acids is 1. The maximum atomic E-state index is 12.6. The summed E-state index contributed by atoms with van der Waals surface area (Å²) < 4.78 is 12.6. The van der Waals surface area contributed by atoms with Gasteiger partial charge < -0.3 is 10.8 Å². The first-order chi connectivity index (χ1) is 10.9. The Hall–Kier alpha value is -2.50. The minimum absolute atomic E-state index is 0.140. The van der Waals surface area contributed by atoms with Crippen molar-refractivity contribution in [1.29, 1.82) is 0 Å². The highest BCUT2D eigenvalue weighted by molar-refractivity contribution is 6.17. The maximum Gasteiger partial charge on any atom is 0.335 e. The van der Waals surface area contributed by atoms with E-state index in [2.05, 4.69) is 4.99 Å². The summed E-state index contributed by atoms with van der Waals surface area (Å²) in [5.41, 5.74) is 7.43. The summed E-state index contributed by atoms with van der Waals surface area (Å²) in [5, 5.41) is 9.14. The number of amidine groups is 1. The summed E-state index contributed by atoms with van der Waals surface area (Å²) in [6.07, 6.45) is 2.15. The lowest BCUT2D eigenvalue weighted by molar-refractivity contribution is -0.124. The summed E-state index contributed by atoms with van der Waals surface area (Å²) in [5.74, 6) is -1.39. The van der Waals surface area contributed by atoms with Gasteiger partial charge in [-0.25, -0.2) is 4.79 Å². The van der Waals surface area contributed by atoms with Crippen LogP contribution in [0.3, 0.4) is 0 Å². The fraction of sp³-hybridized carbons (Fsp3) is 0.353. The fourth-order valence-corrected chi connectivity index (χ4v) is 3.72. The molecule has 0 aromatic heterocycles. The Kier molecular flexibility index (Phi) is 3.55. The fourth-order valence-electron chi connectivity index (χ4n) is 3.72. The highest BCUT2D eigenvalue weighted by Gasteiger charge is 2.56. The molecule has 5 nitrogen and oxygen atoms in total. The average Bonchev–Trinajstić information content (AvgIpc) is 2.93. The molecule has 1 aliphatic heterocycles. The zero-order valence-corrected chi connectivity index (χ0v) is 12.7. The third-order valence-corrected chi connectivity index (χ3v) is 4.88. The smallest absolute Gasteiger partial charge is 0.335 e. The minimum atomic E-state index is -1.01. The lowest BCUT2D eigenvalue weighted by Gasteiger charge is -2.28. The zero-order chi connectivity index (χ0) is 16.8. The number of carbonyl (C=O) groups is 2. The quantitative estimate of drug-likeness (QED) is 0.894. The second-order valence-electron chi connectivity index (χ2n) is 5.99. The SMILES string of the molecule is CC1c2ccc(C(=O)O)cc2CC12C(=O)N=C(N)/C2=C\CCF. The number of amides is 1. The molecule has 1 aromatic carbocycles. The number of alkyl halides is 1. The first-order valence-electron chi connectivity index (χ1n) is 7.43. The van der Waals surface area contributed by atoms with Gasteiger partial charge in [0.05, 0.1) is 17.7 Å². The molecule has 120 valence electrons. The van der Waals surface area contributed by atoms with E-state index in [1.165, 1.54) is 6.07 Å². The van der Waals surface area contributed by atoms with Crippen LogP contribution in [0.4, 0.5) is 4.39 Å². The Labute approximate surface area is 132 Å². The predicted octanol–water partition coefficient (Wildman–Crippen LogP) is 2.21. The monoisotopic (exact) mass is 316 g/mol. The molecular formula is C17H17FN2O3. The topological polar surface area (TPSA) is 92.7 Å². The highest BCUT2D eigenvalue weighted by Crippen LogP contribution is 2.54. The number of fused-ring (bicyclic) bond motifs is 1. The van der Waals surface area contributed by atoms with Gasteiger partial charge in [-0.3, -0.25) is 9.18 Å². The van der Waals surface area contributed by atoms with Crippen molar-refractivity contribution < 1.29 is 19.1 Å². The number of hydrogen-bond acceptors (Lipinski definition) is 3. The van der Waals surface area contributed by atoms with Crippen LogP contribution in [0.25, 0.3) is 0 Å². The van der Waals surface area contributed by atoms with Crippen LogP contribution in [-0.2, 0) is 11.2 Å². The van der Waals surface area contributed by atoms with Crippen LogP contribution in [0.1, 0.15) is 40.7 Å². The molecule has 0 saturated heterocycles. The molecule has 1 spiro atoms. The van der Waals surface area contributed by atoms with Crippen LogP contribution in [0, 0.1) is 5.41 Å². The van der Waals surface area contributed by atoms with Gasteiger partial charge in [0.15, 0.2) is 0 Å². The second-order valence-corrected chi connectivity index (χ2v) is 5.99. The number of halogens is 1. The number of aliphatic imine (C=N–C) groups is 1. The van der Waals surface area contributed by atoms with Gasteiger partial charge in [-0.05, 0) is 36.1 Å². The molecule has 3 rings (SSSR count). The average molecular weight is 316 g/mol. The molecule has 1 aliphatic carbocycles. The summed E-state index contributed by atoms with van der Waals surface area (Å²) in [7, 11) is 0. The van der Waals surface area contributed by atoms with E-state index in [0.29, 0.717) is 12.0 Å². The number of nitrogens with two attached hydrogens (primary N) is 1. The molecule has 0 radical (unpaired) electrons. The molecule has 1 heterocycles. The number of allylic oxidation sites excluding steroid dienone is 1. The van der Waals surface area contributed by atoms with Crippen LogP contribution >= 0.6 is 0 Å². The Morgan fingerprint density at radius 2 is 2.30 bits per heavy atom. The van der Waals surface area contributed by atoms with Crippen LogP contribution in [0.5, 0.6) is 0 Å². The molecular weight excluding hydrogens is 299 g/mol. The van der Waals surface area contributed by atoms with E-state index in [0.717, 1.165) is 11.1 Å². The number of rotatable bonds is 3. The van der Waals surface area contributed by atoms with Crippen molar-refractivity contribution in [1.82, 2.24) is 0 Å². The van der Waals surface area contributed by atoms with Crippen molar-refractivity contribution >= 4 is 17.7 Å². The molecule has 2 unspecified atom stereocenters. The number of carboxylic acids is 1. The molecule has 23 heavy (non-hydrogen) atoms. The maximum absolute atomic E-state index is 12.6. The molecule has 0 bridgehead atoms. The molecule has 1 amide bonds. The zero-order valence-electron chi connectivity index (χ0n) is 12.7. The van der Waals surface area contributed by atoms with Crippen molar-refractivity contribution in [2.75, 3.05) is 6.67 Å². The molecule has 0 saturated carbocycles. The highest BCUT2D eigenvalue weighted by atomic mass is 19.1. The van der Waals surface area contributed by atoms with Crippen molar-refractivity contribution in [2.45, 2.75) is 25.7 Å². The van der Waals surface area contributed by atoms with E-state index in [-0.39, 0.29) is 29.6 Å². The molecule has 2 atom stereocenters. The standard InChI is InChI=1S/C17H17FN2O3/c1-9-12-5-4-10(15(21)22)7-11(12)8-17(9)13(3-2-6-18)14(19)20-16(17)23/h3-5,7,9H,2,6,8H2,1H3,(H,21,22)(H2,19,20,23)/b13-3+. The van der Waals surface area contributed by atoms with Gasteiger partial charge in [-0.1, -0.05) is 19.1 Å². The minimum Gasteiger partial charge on any atom is -0.478 e. The van der Waals surface area contributed by atoms with E-state index in [9.17, 15) is 14.0 Å². The van der Waals surface area contributed by atoms with E-state index in [1.807, 2.05) is 6.92 Å². The normalized spacial score (nSPS) is 27.6. The van der Waals surface area contributed by atoms with Gasteiger partial charge in [0.2, 0.25) is 0 Å². The Bertz CT molecular complexity index is 769. The number of nitrogens with zero attached hydrogens (tertiary/aromatic N) is 1. The van der Waals surface area contributed by atoms with E-state index < -0.39 is 18.1 Å². The van der Waals surface area contributed by atoms with Crippen LogP contribution in [0.15, 0.2) is 34.8 Å². The van der Waals surface area contributed by atoms with Gasteiger partial charge in [-0.2, -0.15) is 4.99 Å². The predicted molar refractivity (Wildman–Crippen MR) is 83.3 cm³/mol. The lowest BCUT2D eigenvalue weighted by atomic mass is 9.71. The van der Waals surface area contributed by atoms with Gasteiger partial charge in [0, 0.05) is 11.5 Å².